The Morgan fingerprint density at radius 3 is 2.95 bits per heavy atom. The second-order valence-electron chi connectivity index (χ2n) is 7.37. The summed E-state index contributed by atoms with van der Waals surface area (Å²) in [5, 5.41) is 17.0. The van der Waals surface area contributed by atoms with Crippen LogP contribution in [0.25, 0.3) is 0 Å². The highest BCUT2D eigenvalue weighted by Crippen LogP contribution is 2.41. The Kier molecular flexibility index (Phi) is 3.33. The minimum absolute atomic E-state index is 0.0202. The summed E-state index contributed by atoms with van der Waals surface area (Å²) in [6, 6.07) is 2.08. The summed E-state index contributed by atoms with van der Waals surface area (Å²) < 4.78 is 5.40. The van der Waals surface area contributed by atoms with Gasteiger partial charge in [0.15, 0.2) is 0 Å². The lowest BCUT2D eigenvalue weighted by Gasteiger charge is -2.21. The number of nitrogens with one attached hydrogen (secondary N) is 1. The van der Waals surface area contributed by atoms with Crippen LogP contribution in [0.4, 0.5) is 0 Å². The number of aromatic amines is 1. The molecule has 2 aliphatic heterocycles. The van der Waals surface area contributed by atoms with Crippen molar-refractivity contribution in [2.45, 2.75) is 32.7 Å². The zero-order chi connectivity index (χ0) is 15.3. The first kappa shape index (κ1) is 14.5. The molecule has 6 heteroatoms. The van der Waals surface area contributed by atoms with E-state index in [1.165, 1.54) is 0 Å². The fourth-order valence-electron chi connectivity index (χ4n) is 3.33. The van der Waals surface area contributed by atoms with Crippen LogP contribution in [0.2, 0.25) is 0 Å². The Hall–Kier alpha value is -1.40. The number of likely N-dealkylation sites (tertiary alicyclic amines) is 1. The van der Waals surface area contributed by atoms with Gasteiger partial charge in [-0.15, -0.1) is 0 Å². The van der Waals surface area contributed by atoms with Gasteiger partial charge in [0.2, 0.25) is 0 Å². The van der Waals surface area contributed by atoms with Gasteiger partial charge in [-0.05, 0) is 6.07 Å². The highest BCUT2D eigenvalue weighted by Gasteiger charge is 2.56. The van der Waals surface area contributed by atoms with E-state index >= 15 is 0 Å². The monoisotopic (exact) mass is 293 g/mol. The van der Waals surface area contributed by atoms with Crippen LogP contribution in [0.5, 0.6) is 0 Å². The van der Waals surface area contributed by atoms with Gasteiger partial charge in [0.1, 0.15) is 5.41 Å². The van der Waals surface area contributed by atoms with Crippen LogP contribution in [-0.2, 0) is 21.5 Å². The summed E-state index contributed by atoms with van der Waals surface area (Å²) in [4.78, 5) is 13.8. The molecule has 0 bridgehead atoms. The number of hydrogen-bond acceptors (Lipinski definition) is 4. The van der Waals surface area contributed by atoms with Gasteiger partial charge in [-0.1, -0.05) is 20.8 Å². The molecule has 2 N–H and O–H groups in total. The fourth-order valence-corrected chi connectivity index (χ4v) is 3.33. The number of rotatable bonds is 3. The number of ether oxygens (including phenoxy) is 1. The van der Waals surface area contributed by atoms with E-state index in [0.717, 1.165) is 17.9 Å². The minimum atomic E-state index is -0.729. The van der Waals surface area contributed by atoms with Crippen molar-refractivity contribution in [3.05, 3.63) is 17.5 Å². The van der Waals surface area contributed by atoms with Gasteiger partial charge < -0.3 is 9.84 Å². The highest BCUT2D eigenvalue weighted by atomic mass is 16.5. The van der Waals surface area contributed by atoms with Gasteiger partial charge in [-0.3, -0.25) is 14.8 Å². The molecule has 0 saturated carbocycles. The molecule has 1 aromatic rings. The molecule has 0 unspecified atom stereocenters. The second-order valence-corrected chi connectivity index (χ2v) is 7.37. The molecule has 0 aromatic carbocycles. The number of aliphatic carboxylic acids is 1. The third-order valence-electron chi connectivity index (χ3n) is 4.66. The molecule has 2 aliphatic rings. The van der Waals surface area contributed by atoms with E-state index in [4.69, 9.17) is 4.74 Å². The van der Waals surface area contributed by atoms with Crippen molar-refractivity contribution >= 4 is 5.97 Å². The smallest absolute Gasteiger partial charge is 0.313 e. The Bertz CT molecular complexity index is 549. The molecule has 116 valence electrons. The molecular weight excluding hydrogens is 270 g/mol. The second kappa shape index (κ2) is 4.81. The lowest BCUT2D eigenvalue weighted by Crippen LogP contribution is -2.38. The maximum Gasteiger partial charge on any atom is 0.313 e. The SMILES string of the molecule is CC(C)(C)c1cc(CN2C[C@@H]3COC[C@]3(C(=O)O)C2)[nH]n1. The first-order valence-electron chi connectivity index (χ1n) is 7.39. The van der Waals surface area contributed by atoms with Gasteiger partial charge in [0, 0.05) is 36.7 Å². The van der Waals surface area contributed by atoms with E-state index in [-0.39, 0.29) is 11.3 Å². The van der Waals surface area contributed by atoms with Crippen molar-refractivity contribution in [2.24, 2.45) is 11.3 Å². The van der Waals surface area contributed by atoms with Gasteiger partial charge >= 0.3 is 5.97 Å². The van der Waals surface area contributed by atoms with Crippen LogP contribution in [0, 0.1) is 11.3 Å². The van der Waals surface area contributed by atoms with Crippen LogP contribution in [-0.4, -0.2) is 52.5 Å². The number of H-pyrrole nitrogens is 1. The summed E-state index contributed by atoms with van der Waals surface area (Å²) in [5.41, 5.74) is 1.38. The molecule has 0 radical (unpaired) electrons. The number of nitrogens with zero attached hydrogens (tertiary/aromatic N) is 2. The average Bonchev–Trinajstić information content (AvgIpc) is 3.01. The van der Waals surface area contributed by atoms with E-state index in [2.05, 4.69) is 41.9 Å². The third kappa shape index (κ3) is 2.46. The molecule has 2 fully saturated rings. The van der Waals surface area contributed by atoms with Gasteiger partial charge in [-0.25, -0.2) is 0 Å². The standard InChI is InChI=1S/C15H23N3O3/c1-14(2,3)12-4-11(16-17-12)6-18-5-10-7-21-9-15(10,8-18)13(19)20/h4,10H,5-9H2,1-3H3,(H,16,17)(H,19,20)/t10-,15-/m1/s1. The quantitative estimate of drug-likeness (QED) is 0.876. The van der Waals surface area contributed by atoms with Crippen LogP contribution < -0.4 is 0 Å². The zero-order valence-corrected chi connectivity index (χ0v) is 12.8. The van der Waals surface area contributed by atoms with E-state index < -0.39 is 11.4 Å². The molecule has 2 atom stereocenters. The van der Waals surface area contributed by atoms with E-state index in [1.807, 2.05) is 0 Å². The highest BCUT2D eigenvalue weighted by molar-refractivity contribution is 5.76. The first-order chi connectivity index (χ1) is 9.81. The zero-order valence-electron chi connectivity index (χ0n) is 12.8. The molecule has 1 aromatic heterocycles. The Balaban J connectivity index is 1.70. The van der Waals surface area contributed by atoms with Crippen LogP contribution in [0.15, 0.2) is 6.07 Å². The van der Waals surface area contributed by atoms with Crippen molar-refractivity contribution in [1.29, 1.82) is 0 Å². The van der Waals surface area contributed by atoms with Gasteiger partial charge in [-0.2, -0.15) is 5.10 Å². The number of hydrogen-bond donors (Lipinski definition) is 2. The molecule has 3 rings (SSSR count). The van der Waals surface area contributed by atoms with E-state index in [9.17, 15) is 9.90 Å². The minimum Gasteiger partial charge on any atom is -0.481 e. The number of carbonyl (C=O) groups is 1. The number of aromatic nitrogens is 2. The van der Waals surface area contributed by atoms with Gasteiger partial charge in [0.25, 0.3) is 0 Å². The van der Waals surface area contributed by atoms with Crippen LogP contribution >= 0.6 is 0 Å². The molecule has 0 amide bonds. The summed E-state index contributed by atoms with van der Waals surface area (Å²) in [6.07, 6.45) is 0. The summed E-state index contributed by atoms with van der Waals surface area (Å²) in [6.45, 7) is 9.32. The molecule has 6 nitrogen and oxygen atoms in total. The predicted octanol–water partition coefficient (Wildman–Crippen LogP) is 1.24. The third-order valence-corrected chi connectivity index (χ3v) is 4.66. The van der Waals surface area contributed by atoms with E-state index in [0.29, 0.717) is 26.3 Å². The van der Waals surface area contributed by atoms with Gasteiger partial charge in [0.05, 0.1) is 18.9 Å². The van der Waals surface area contributed by atoms with Crippen molar-refractivity contribution in [3.8, 4) is 0 Å². The van der Waals surface area contributed by atoms with Crippen LogP contribution in [0.1, 0.15) is 32.2 Å². The van der Waals surface area contributed by atoms with Crippen molar-refractivity contribution in [1.82, 2.24) is 15.1 Å². The molecular formula is C15H23N3O3. The predicted molar refractivity (Wildman–Crippen MR) is 76.9 cm³/mol. The number of carboxylic acid groups (broad SMARTS) is 1. The Labute approximate surface area is 124 Å². The topological polar surface area (TPSA) is 78.5 Å². The van der Waals surface area contributed by atoms with E-state index in [1.54, 1.807) is 0 Å². The normalized spacial score (nSPS) is 29.8. The van der Waals surface area contributed by atoms with Crippen molar-refractivity contribution < 1.29 is 14.6 Å². The number of fused-ring (bicyclic) bond motifs is 1. The first-order valence-corrected chi connectivity index (χ1v) is 7.39. The largest absolute Gasteiger partial charge is 0.481 e. The van der Waals surface area contributed by atoms with Crippen molar-refractivity contribution in [3.63, 3.8) is 0 Å². The molecule has 3 heterocycles. The lowest BCUT2D eigenvalue weighted by molar-refractivity contribution is -0.149. The number of carboxylic acids is 1. The fraction of sp³-hybridized carbons (Fsp3) is 0.733. The molecule has 0 aliphatic carbocycles. The Morgan fingerprint density at radius 2 is 2.38 bits per heavy atom. The average molecular weight is 293 g/mol. The maximum absolute atomic E-state index is 11.6. The lowest BCUT2D eigenvalue weighted by atomic mass is 9.81. The molecule has 21 heavy (non-hydrogen) atoms. The summed E-state index contributed by atoms with van der Waals surface area (Å²) >= 11 is 0. The Morgan fingerprint density at radius 1 is 1.62 bits per heavy atom. The molecule has 2 saturated heterocycles. The van der Waals surface area contributed by atoms with Crippen LogP contribution in [0.3, 0.4) is 0 Å². The maximum atomic E-state index is 11.6. The van der Waals surface area contributed by atoms with Crippen molar-refractivity contribution in [2.75, 3.05) is 26.3 Å². The summed E-state index contributed by atoms with van der Waals surface area (Å²) in [5.74, 6) is -0.632. The summed E-state index contributed by atoms with van der Waals surface area (Å²) in [7, 11) is 0. The molecule has 0 spiro atoms.